The molecule has 110 valence electrons. The Balaban J connectivity index is 2.35. The minimum absolute atomic E-state index is 0.0455. The van der Waals surface area contributed by atoms with Crippen LogP contribution in [0.25, 0.3) is 11.4 Å². The Morgan fingerprint density at radius 3 is 2.76 bits per heavy atom. The maximum Gasteiger partial charge on any atom is 0.251 e. The lowest BCUT2D eigenvalue weighted by molar-refractivity contribution is -0.118. The zero-order chi connectivity index (χ0) is 15.4. The van der Waals surface area contributed by atoms with Crippen LogP contribution in [0, 0.1) is 5.92 Å². The molecule has 1 heterocycles. The number of aromatic nitrogens is 2. The number of nitrogens with zero attached hydrogens (tertiary/aromatic N) is 1. The highest BCUT2D eigenvalue weighted by Gasteiger charge is 2.09. The lowest BCUT2D eigenvalue weighted by atomic mass is 10.1. The minimum Gasteiger partial charge on any atom is -0.326 e. The number of carbonyl (C=O) groups excluding carboxylic acids is 1. The van der Waals surface area contributed by atoms with Crippen molar-refractivity contribution < 1.29 is 4.79 Å². The Hall–Kier alpha value is -2.43. The van der Waals surface area contributed by atoms with Gasteiger partial charge >= 0.3 is 0 Å². The van der Waals surface area contributed by atoms with Crippen LogP contribution in [0.15, 0.2) is 35.1 Å². The van der Waals surface area contributed by atoms with Crippen molar-refractivity contribution in [2.24, 2.45) is 5.92 Å². The fourth-order valence-electron chi connectivity index (χ4n) is 1.86. The van der Waals surface area contributed by atoms with Crippen molar-refractivity contribution in [1.82, 2.24) is 9.97 Å². The first kappa shape index (κ1) is 15.0. The lowest BCUT2D eigenvalue weighted by Gasteiger charge is -2.09. The maximum atomic E-state index is 11.7. The number of benzene rings is 1. The van der Waals surface area contributed by atoms with Crippen molar-refractivity contribution in [3.63, 3.8) is 0 Å². The van der Waals surface area contributed by atoms with Crippen LogP contribution in [0.4, 0.5) is 5.69 Å². The summed E-state index contributed by atoms with van der Waals surface area (Å²) in [5.74, 6) is 0.380. The molecule has 5 nitrogen and oxygen atoms in total. The van der Waals surface area contributed by atoms with Gasteiger partial charge in [-0.05, 0) is 18.6 Å². The molecule has 0 unspecified atom stereocenters. The molecule has 2 aromatic rings. The van der Waals surface area contributed by atoms with Crippen LogP contribution in [0.1, 0.15) is 26.5 Å². The summed E-state index contributed by atoms with van der Waals surface area (Å²) >= 11 is 0. The van der Waals surface area contributed by atoms with Crippen molar-refractivity contribution in [1.29, 1.82) is 0 Å². The van der Waals surface area contributed by atoms with E-state index < -0.39 is 0 Å². The second-order valence-electron chi connectivity index (χ2n) is 5.16. The van der Waals surface area contributed by atoms with Gasteiger partial charge in [-0.15, -0.1) is 0 Å². The van der Waals surface area contributed by atoms with Crippen LogP contribution in [0.2, 0.25) is 0 Å². The lowest BCUT2D eigenvalue weighted by Crippen LogP contribution is -2.17. The fraction of sp³-hybridized carbons (Fsp3) is 0.312. The van der Waals surface area contributed by atoms with Gasteiger partial charge in [-0.3, -0.25) is 9.59 Å². The summed E-state index contributed by atoms with van der Waals surface area (Å²) < 4.78 is 0. The molecule has 0 bridgehead atoms. The molecule has 0 aliphatic heterocycles. The first-order chi connectivity index (χ1) is 9.99. The van der Waals surface area contributed by atoms with Gasteiger partial charge in [0.05, 0.1) is 0 Å². The Kier molecular flexibility index (Phi) is 4.52. The van der Waals surface area contributed by atoms with E-state index in [1.54, 1.807) is 6.07 Å². The summed E-state index contributed by atoms with van der Waals surface area (Å²) in [6.07, 6.45) is 0.695. The van der Waals surface area contributed by atoms with Crippen LogP contribution in [-0.2, 0) is 11.2 Å². The van der Waals surface area contributed by atoms with E-state index in [1.807, 2.05) is 39.0 Å². The summed E-state index contributed by atoms with van der Waals surface area (Å²) in [6, 6.07) is 8.78. The van der Waals surface area contributed by atoms with Gasteiger partial charge in [-0.1, -0.05) is 32.9 Å². The Morgan fingerprint density at radius 2 is 2.10 bits per heavy atom. The monoisotopic (exact) mass is 285 g/mol. The molecule has 0 saturated carbocycles. The van der Waals surface area contributed by atoms with Gasteiger partial charge in [0.25, 0.3) is 5.56 Å². The topological polar surface area (TPSA) is 74.8 Å². The second-order valence-corrected chi connectivity index (χ2v) is 5.16. The smallest absolute Gasteiger partial charge is 0.251 e. The summed E-state index contributed by atoms with van der Waals surface area (Å²) in [7, 11) is 0. The molecular formula is C16H19N3O2. The standard InChI is InChI=1S/C16H19N3O2/c1-4-12-9-14(20)19-15(17-12)11-6-5-7-13(8-11)18-16(21)10(2)3/h5-10H,4H2,1-3H3,(H,18,21)(H,17,19,20). The average Bonchev–Trinajstić information content (AvgIpc) is 2.46. The van der Waals surface area contributed by atoms with Gasteiger partial charge in [0, 0.05) is 28.9 Å². The van der Waals surface area contributed by atoms with E-state index in [2.05, 4.69) is 15.3 Å². The van der Waals surface area contributed by atoms with Gasteiger partial charge in [-0.2, -0.15) is 0 Å². The number of aryl methyl sites for hydroxylation is 1. The third-order valence-electron chi connectivity index (χ3n) is 3.08. The number of rotatable bonds is 4. The molecule has 0 aliphatic rings. The van der Waals surface area contributed by atoms with E-state index in [9.17, 15) is 9.59 Å². The third kappa shape index (κ3) is 3.78. The quantitative estimate of drug-likeness (QED) is 0.906. The first-order valence-corrected chi connectivity index (χ1v) is 7.01. The highest BCUT2D eigenvalue weighted by Crippen LogP contribution is 2.19. The Morgan fingerprint density at radius 1 is 1.33 bits per heavy atom. The molecule has 2 N–H and O–H groups in total. The highest BCUT2D eigenvalue weighted by atomic mass is 16.1. The summed E-state index contributed by atoms with van der Waals surface area (Å²) in [4.78, 5) is 30.5. The second kappa shape index (κ2) is 6.35. The van der Waals surface area contributed by atoms with Crippen molar-refractivity contribution in [2.75, 3.05) is 5.32 Å². The van der Waals surface area contributed by atoms with Crippen LogP contribution in [0.5, 0.6) is 0 Å². The molecule has 1 aromatic heterocycles. The predicted molar refractivity (Wildman–Crippen MR) is 83.1 cm³/mol. The highest BCUT2D eigenvalue weighted by molar-refractivity contribution is 5.92. The van der Waals surface area contributed by atoms with Gasteiger partial charge in [0.1, 0.15) is 5.82 Å². The molecule has 21 heavy (non-hydrogen) atoms. The molecule has 0 saturated heterocycles. The van der Waals surface area contributed by atoms with E-state index in [-0.39, 0.29) is 17.4 Å². The molecule has 0 atom stereocenters. The SMILES string of the molecule is CCc1cc(=O)[nH]c(-c2cccc(NC(=O)C(C)C)c2)n1. The van der Waals surface area contributed by atoms with Crippen molar-refractivity contribution in [3.05, 3.63) is 46.4 Å². The third-order valence-corrected chi connectivity index (χ3v) is 3.08. The van der Waals surface area contributed by atoms with Gasteiger partial charge in [0.15, 0.2) is 0 Å². The van der Waals surface area contributed by atoms with E-state index in [0.717, 1.165) is 11.3 Å². The van der Waals surface area contributed by atoms with Gasteiger partial charge in [-0.25, -0.2) is 4.98 Å². The van der Waals surface area contributed by atoms with Crippen LogP contribution in [0.3, 0.4) is 0 Å². The molecule has 2 rings (SSSR count). The van der Waals surface area contributed by atoms with Crippen LogP contribution >= 0.6 is 0 Å². The Labute approximate surface area is 123 Å². The number of anilines is 1. The number of hydrogen-bond acceptors (Lipinski definition) is 3. The number of amides is 1. The number of H-pyrrole nitrogens is 1. The summed E-state index contributed by atoms with van der Waals surface area (Å²) in [5.41, 5.74) is 2.03. The van der Waals surface area contributed by atoms with E-state index in [4.69, 9.17) is 0 Å². The van der Waals surface area contributed by atoms with Crippen molar-refractivity contribution in [2.45, 2.75) is 27.2 Å². The number of hydrogen-bond donors (Lipinski definition) is 2. The van der Waals surface area contributed by atoms with Crippen LogP contribution in [-0.4, -0.2) is 15.9 Å². The number of carbonyl (C=O) groups is 1. The number of aromatic amines is 1. The number of nitrogens with one attached hydrogen (secondary N) is 2. The van der Waals surface area contributed by atoms with Crippen molar-refractivity contribution in [3.8, 4) is 11.4 Å². The molecule has 5 heteroatoms. The summed E-state index contributed by atoms with van der Waals surface area (Å²) in [5, 5.41) is 2.84. The molecule has 0 aliphatic carbocycles. The average molecular weight is 285 g/mol. The normalized spacial score (nSPS) is 10.7. The first-order valence-electron chi connectivity index (χ1n) is 7.01. The molecule has 1 aromatic carbocycles. The van der Waals surface area contributed by atoms with Gasteiger partial charge < -0.3 is 10.3 Å². The maximum absolute atomic E-state index is 11.7. The minimum atomic E-state index is -0.173. The van der Waals surface area contributed by atoms with E-state index in [1.165, 1.54) is 6.07 Å². The summed E-state index contributed by atoms with van der Waals surface area (Å²) in [6.45, 7) is 5.62. The fourth-order valence-corrected chi connectivity index (χ4v) is 1.86. The molecular weight excluding hydrogens is 266 g/mol. The zero-order valence-electron chi connectivity index (χ0n) is 12.4. The Bertz CT molecular complexity index is 705. The molecule has 0 fully saturated rings. The van der Waals surface area contributed by atoms with Gasteiger partial charge in [0.2, 0.25) is 5.91 Å². The molecule has 0 radical (unpaired) electrons. The van der Waals surface area contributed by atoms with Crippen molar-refractivity contribution >= 4 is 11.6 Å². The molecule has 0 spiro atoms. The van der Waals surface area contributed by atoms with E-state index >= 15 is 0 Å². The molecule has 1 amide bonds. The largest absolute Gasteiger partial charge is 0.326 e. The zero-order valence-corrected chi connectivity index (χ0v) is 12.4. The van der Waals surface area contributed by atoms with Crippen LogP contribution < -0.4 is 10.9 Å². The predicted octanol–water partition coefficient (Wildman–Crippen LogP) is 2.59. The van der Waals surface area contributed by atoms with E-state index in [0.29, 0.717) is 17.9 Å².